The SMILES string of the molecule is c1ccc(N2CCC(NCc3cnco3)CC2)nc1. The van der Waals surface area contributed by atoms with Crippen molar-refractivity contribution >= 4 is 5.82 Å². The van der Waals surface area contributed by atoms with Crippen molar-refractivity contribution in [2.24, 2.45) is 0 Å². The van der Waals surface area contributed by atoms with Crippen molar-refractivity contribution in [2.45, 2.75) is 25.4 Å². The molecule has 1 aliphatic heterocycles. The molecule has 0 atom stereocenters. The zero-order chi connectivity index (χ0) is 12.9. The zero-order valence-electron chi connectivity index (χ0n) is 10.8. The molecule has 0 saturated carbocycles. The fourth-order valence-electron chi connectivity index (χ4n) is 2.43. The van der Waals surface area contributed by atoms with Gasteiger partial charge in [-0.05, 0) is 25.0 Å². The summed E-state index contributed by atoms with van der Waals surface area (Å²) in [5.41, 5.74) is 0. The number of nitrogens with zero attached hydrogens (tertiary/aromatic N) is 3. The Labute approximate surface area is 112 Å². The van der Waals surface area contributed by atoms with Gasteiger partial charge in [-0.1, -0.05) is 6.07 Å². The molecule has 0 radical (unpaired) electrons. The average Bonchev–Trinajstić information content (AvgIpc) is 3.00. The van der Waals surface area contributed by atoms with Crippen LogP contribution in [0.15, 0.2) is 41.4 Å². The quantitative estimate of drug-likeness (QED) is 0.906. The highest BCUT2D eigenvalue weighted by Crippen LogP contribution is 2.17. The highest BCUT2D eigenvalue weighted by atomic mass is 16.3. The molecule has 0 bridgehead atoms. The van der Waals surface area contributed by atoms with Gasteiger partial charge in [-0.2, -0.15) is 0 Å². The van der Waals surface area contributed by atoms with E-state index in [0.29, 0.717) is 6.04 Å². The lowest BCUT2D eigenvalue weighted by molar-refractivity contribution is 0.387. The lowest BCUT2D eigenvalue weighted by Gasteiger charge is -2.33. The van der Waals surface area contributed by atoms with Crippen LogP contribution in [0.25, 0.3) is 0 Å². The molecule has 100 valence electrons. The lowest BCUT2D eigenvalue weighted by Crippen LogP contribution is -2.42. The Morgan fingerprint density at radius 3 is 2.89 bits per heavy atom. The first-order valence-electron chi connectivity index (χ1n) is 6.68. The summed E-state index contributed by atoms with van der Waals surface area (Å²) in [5, 5.41) is 3.52. The number of hydrogen-bond donors (Lipinski definition) is 1. The van der Waals surface area contributed by atoms with Gasteiger partial charge in [0.2, 0.25) is 0 Å². The Morgan fingerprint density at radius 2 is 2.21 bits per heavy atom. The normalized spacial score (nSPS) is 16.7. The molecule has 3 heterocycles. The fraction of sp³-hybridized carbons (Fsp3) is 0.429. The van der Waals surface area contributed by atoms with Gasteiger partial charge in [-0.15, -0.1) is 0 Å². The molecule has 1 N–H and O–H groups in total. The summed E-state index contributed by atoms with van der Waals surface area (Å²) in [6.45, 7) is 2.85. The van der Waals surface area contributed by atoms with Gasteiger partial charge in [-0.3, -0.25) is 0 Å². The van der Waals surface area contributed by atoms with Crippen molar-refractivity contribution in [3.05, 3.63) is 42.7 Å². The summed E-state index contributed by atoms with van der Waals surface area (Å²) in [4.78, 5) is 10.7. The number of hydrogen-bond acceptors (Lipinski definition) is 5. The second-order valence-corrected chi connectivity index (χ2v) is 4.80. The molecular formula is C14H18N4O. The molecule has 1 aliphatic rings. The third kappa shape index (κ3) is 3.12. The molecule has 2 aromatic rings. The van der Waals surface area contributed by atoms with Crippen molar-refractivity contribution in [3.63, 3.8) is 0 Å². The number of anilines is 1. The minimum Gasteiger partial charge on any atom is -0.447 e. The van der Waals surface area contributed by atoms with Crippen molar-refractivity contribution in [1.82, 2.24) is 15.3 Å². The van der Waals surface area contributed by atoms with Gasteiger partial charge >= 0.3 is 0 Å². The van der Waals surface area contributed by atoms with Gasteiger partial charge in [0.25, 0.3) is 0 Å². The number of nitrogens with one attached hydrogen (secondary N) is 1. The molecule has 1 fully saturated rings. The third-order valence-electron chi connectivity index (χ3n) is 3.52. The van der Waals surface area contributed by atoms with E-state index < -0.39 is 0 Å². The first kappa shape index (κ1) is 12.2. The molecular weight excluding hydrogens is 240 g/mol. The van der Waals surface area contributed by atoms with Crippen LogP contribution in [-0.4, -0.2) is 29.1 Å². The molecule has 0 spiro atoms. The Morgan fingerprint density at radius 1 is 1.32 bits per heavy atom. The first-order valence-corrected chi connectivity index (χ1v) is 6.68. The lowest BCUT2D eigenvalue weighted by atomic mass is 10.1. The summed E-state index contributed by atoms with van der Waals surface area (Å²) in [5.74, 6) is 1.98. The van der Waals surface area contributed by atoms with E-state index in [-0.39, 0.29) is 0 Å². The van der Waals surface area contributed by atoms with Crippen LogP contribution in [0.1, 0.15) is 18.6 Å². The van der Waals surface area contributed by atoms with Crippen LogP contribution in [0.3, 0.4) is 0 Å². The summed E-state index contributed by atoms with van der Waals surface area (Å²) in [6.07, 6.45) is 7.34. The van der Waals surface area contributed by atoms with E-state index in [0.717, 1.165) is 44.1 Å². The van der Waals surface area contributed by atoms with Crippen LogP contribution < -0.4 is 10.2 Å². The maximum absolute atomic E-state index is 5.22. The number of piperidine rings is 1. The Hall–Kier alpha value is -1.88. The van der Waals surface area contributed by atoms with Crippen LogP contribution in [0.2, 0.25) is 0 Å². The van der Waals surface area contributed by atoms with Crippen LogP contribution >= 0.6 is 0 Å². The summed E-state index contributed by atoms with van der Waals surface area (Å²) >= 11 is 0. The van der Waals surface area contributed by atoms with Gasteiger partial charge in [0.15, 0.2) is 6.39 Å². The minimum absolute atomic E-state index is 0.546. The topological polar surface area (TPSA) is 54.2 Å². The van der Waals surface area contributed by atoms with Crippen molar-refractivity contribution in [2.75, 3.05) is 18.0 Å². The van der Waals surface area contributed by atoms with Gasteiger partial charge in [0, 0.05) is 25.3 Å². The van der Waals surface area contributed by atoms with E-state index in [9.17, 15) is 0 Å². The van der Waals surface area contributed by atoms with Crippen LogP contribution in [0.5, 0.6) is 0 Å². The Bertz CT molecular complexity index is 477. The fourth-order valence-corrected chi connectivity index (χ4v) is 2.43. The summed E-state index contributed by atoms with van der Waals surface area (Å²) in [7, 11) is 0. The Kier molecular flexibility index (Phi) is 3.74. The zero-order valence-corrected chi connectivity index (χ0v) is 10.8. The van der Waals surface area contributed by atoms with Gasteiger partial charge < -0.3 is 14.6 Å². The van der Waals surface area contributed by atoms with Crippen LogP contribution in [0.4, 0.5) is 5.82 Å². The van der Waals surface area contributed by atoms with Crippen LogP contribution in [-0.2, 0) is 6.54 Å². The second-order valence-electron chi connectivity index (χ2n) is 4.80. The monoisotopic (exact) mass is 258 g/mol. The van der Waals surface area contributed by atoms with Gasteiger partial charge in [-0.25, -0.2) is 9.97 Å². The molecule has 19 heavy (non-hydrogen) atoms. The van der Waals surface area contributed by atoms with E-state index in [1.807, 2.05) is 18.3 Å². The highest BCUT2D eigenvalue weighted by molar-refractivity contribution is 5.38. The van der Waals surface area contributed by atoms with E-state index in [2.05, 4.69) is 26.3 Å². The summed E-state index contributed by atoms with van der Waals surface area (Å²) in [6, 6.07) is 6.61. The number of oxazole rings is 1. The molecule has 5 nitrogen and oxygen atoms in total. The van der Waals surface area contributed by atoms with Crippen molar-refractivity contribution in [1.29, 1.82) is 0 Å². The predicted octanol–water partition coefficient (Wildman–Crippen LogP) is 1.83. The van der Waals surface area contributed by atoms with E-state index in [1.165, 1.54) is 6.39 Å². The largest absolute Gasteiger partial charge is 0.447 e. The molecule has 1 saturated heterocycles. The van der Waals surface area contributed by atoms with Gasteiger partial charge in [0.05, 0.1) is 12.7 Å². The minimum atomic E-state index is 0.546. The predicted molar refractivity (Wildman–Crippen MR) is 72.8 cm³/mol. The van der Waals surface area contributed by atoms with Crippen molar-refractivity contribution in [3.8, 4) is 0 Å². The third-order valence-corrected chi connectivity index (χ3v) is 3.52. The smallest absolute Gasteiger partial charge is 0.180 e. The average molecular weight is 258 g/mol. The van der Waals surface area contributed by atoms with E-state index in [4.69, 9.17) is 4.42 Å². The maximum atomic E-state index is 5.22. The molecule has 0 aromatic carbocycles. The van der Waals surface area contributed by atoms with Gasteiger partial charge in [0.1, 0.15) is 11.6 Å². The molecule has 2 aromatic heterocycles. The standard InChI is InChI=1S/C14H18N4O/c1-2-6-16-14(3-1)18-7-4-12(5-8-18)17-10-13-9-15-11-19-13/h1-3,6,9,11-12,17H,4-5,7-8,10H2. The number of pyridine rings is 1. The molecule has 0 aliphatic carbocycles. The van der Waals surface area contributed by atoms with Crippen LogP contribution in [0, 0.1) is 0 Å². The number of aromatic nitrogens is 2. The maximum Gasteiger partial charge on any atom is 0.180 e. The molecule has 0 unspecified atom stereocenters. The number of rotatable bonds is 4. The Balaban J connectivity index is 1.47. The first-order chi connectivity index (χ1) is 9.42. The molecule has 3 rings (SSSR count). The molecule has 5 heteroatoms. The van der Waals surface area contributed by atoms with E-state index >= 15 is 0 Å². The molecule has 0 amide bonds. The van der Waals surface area contributed by atoms with E-state index in [1.54, 1.807) is 6.20 Å². The second kappa shape index (κ2) is 5.84. The van der Waals surface area contributed by atoms with Crippen molar-refractivity contribution < 1.29 is 4.42 Å². The highest BCUT2D eigenvalue weighted by Gasteiger charge is 2.19. The summed E-state index contributed by atoms with van der Waals surface area (Å²) < 4.78 is 5.22.